The highest BCUT2D eigenvalue weighted by Gasteiger charge is 2.58. The SMILES string of the molecule is CC1(C)[C@H](O)[C@H](F)C[C@@]2(C)Oc3ccc(C(=O)Nc4ccc5c(c4)NC(=O)C54CCN(CCCCC#N)CC4)cc3C[C@H]12. The van der Waals surface area contributed by atoms with Crippen molar-refractivity contribution in [1.29, 1.82) is 5.26 Å². The zero-order valence-electron chi connectivity index (χ0n) is 25.2. The summed E-state index contributed by atoms with van der Waals surface area (Å²) in [6.45, 7) is 8.31. The molecule has 1 aliphatic carbocycles. The quantitative estimate of drug-likeness (QED) is 0.392. The van der Waals surface area contributed by atoms with Gasteiger partial charge in [-0.25, -0.2) is 4.39 Å². The molecule has 3 aliphatic heterocycles. The van der Waals surface area contributed by atoms with E-state index in [1.807, 2.05) is 45.0 Å². The summed E-state index contributed by atoms with van der Waals surface area (Å²) in [4.78, 5) is 28.9. The predicted molar refractivity (Wildman–Crippen MR) is 162 cm³/mol. The Morgan fingerprint density at radius 2 is 1.95 bits per heavy atom. The molecular formula is C34H41FN4O4. The van der Waals surface area contributed by atoms with Crippen LogP contribution in [0.1, 0.15) is 80.8 Å². The zero-order chi connectivity index (χ0) is 30.6. The number of nitrogens with zero attached hydrogens (tertiary/aromatic N) is 2. The topological polar surface area (TPSA) is 115 Å². The second-order valence-electron chi connectivity index (χ2n) is 13.7. The van der Waals surface area contributed by atoms with Crippen molar-refractivity contribution in [2.45, 2.75) is 89.0 Å². The summed E-state index contributed by atoms with van der Waals surface area (Å²) in [5, 5.41) is 25.4. The summed E-state index contributed by atoms with van der Waals surface area (Å²) >= 11 is 0. The van der Waals surface area contributed by atoms with Crippen molar-refractivity contribution < 1.29 is 23.8 Å². The van der Waals surface area contributed by atoms with Crippen molar-refractivity contribution in [1.82, 2.24) is 4.90 Å². The number of alkyl halides is 1. The highest BCUT2D eigenvalue weighted by molar-refractivity contribution is 6.08. The molecule has 9 heteroatoms. The molecule has 6 rings (SSSR count). The number of halogens is 1. The van der Waals surface area contributed by atoms with Crippen molar-refractivity contribution in [3.63, 3.8) is 0 Å². The Bertz CT molecular complexity index is 1480. The Morgan fingerprint density at radius 1 is 1.19 bits per heavy atom. The van der Waals surface area contributed by atoms with Gasteiger partial charge in [0.1, 0.15) is 17.5 Å². The number of piperidine rings is 1. The lowest BCUT2D eigenvalue weighted by Gasteiger charge is -2.56. The lowest BCUT2D eigenvalue weighted by Crippen LogP contribution is -2.62. The van der Waals surface area contributed by atoms with Gasteiger partial charge in [0.25, 0.3) is 5.91 Å². The number of hydrogen-bond donors (Lipinski definition) is 3. The van der Waals surface area contributed by atoms with Crippen LogP contribution in [0.25, 0.3) is 0 Å². The molecule has 3 N–H and O–H groups in total. The maximum Gasteiger partial charge on any atom is 0.255 e. The molecule has 2 aromatic carbocycles. The number of anilines is 2. The average molecular weight is 589 g/mol. The highest BCUT2D eigenvalue weighted by atomic mass is 19.1. The smallest absolute Gasteiger partial charge is 0.255 e. The predicted octanol–water partition coefficient (Wildman–Crippen LogP) is 5.36. The number of nitriles is 1. The largest absolute Gasteiger partial charge is 0.487 e. The first kappa shape index (κ1) is 29.6. The molecule has 1 saturated carbocycles. The van der Waals surface area contributed by atoms with Crippen LogP contribution >= 0.6 is 0 Å². The Morgan fingerprint density at radius 3 is 2.70 bits per heavy atom. The van der Waals surface area contributed by atoms with Crippen LogP contribution in [-0.2, 0) is 16.6 Å². The molecular weight excluding hydrogens is 547 g/mol. The number of fused-ring (bicyclic) bond motifs is 4. The van der Waals surface area contributed by atoms with Gasteiger partial charge in [-0.3, -0.25) is 9.59 Å². The Labute approximate surface area is 252 Å². The molecule has 8 nitrogen and oxygen atoms in total. The molecule has 0 aromatic heterocycles. The van der Waals surface area contributed by atoms with E-state index in [9.17, 15) is 19.1 Å². The number of likely N-dealkylation sites (tertiary alicyclic amines) is 1. The maximum atomic E-state index is 14.7. The highest BCUT2D eigenvalue weighted by Crippen LogP contribution is 2.54. The van der Waals surface area contributed by atoms with E-state index in [0.29, 0.717) is 29.8 Å². The summed E-state index contributed by atoms with van der Waals surface area (Å²) in [5.74, 6) is 0.280. The van der Waals surface area contributed by atoms with Crippen molar-refractivity contribution in [3.8, 4) is 11.8 Å². The number of amides is 2. The van der Waals surface area contributed by atoms with Crippen LogP contribution in [-0.4, -0.2) is 59.3 Å². The number of nitrogens with one attached hydrogen (secondary N) is 2. The number of rotatable bonds is 6. The summed E-state index contributed by atoms with van der Waals surface area (Å²) in [6, 6.07) is 13.2. The second kappa shape index (κ2) is 10.9. The van der Waals surface area contributed by atoms with E-state index in [2.05, 4.69) is 21.6 Å². The van der Waals surface area contributed by atoms with Gasteiger partial charge in [0, 0.05) is 41.1 Å². The number of aliphatic hydroxyl groups is 1. The normalized spacial score (nSPS) is 28.6. The Balaban J connectivity index is 1.14. The Kier molecular flexibility index (Phi) is 7.50. The van der Waals surface area contributed by atoms with Gasteiger partial charge in [-0.15, -0.1) is 0 Å². The fraction of sp³-hybridized carbons (Fsp3) is 0.559. The lowest BCUT2D eigenvalue weighted by molar-refractivity contribution is -0.169. The molecule has 228 valence electrons. The van der Waals surface area contributed by atoms with E-state index < -0.39 is 28.7 Å². The van der Waals surface area contributed by atoms with Crippen LogP contribution in [0, 0.1) is 22.7 Å². The molecule has 2 fully saturated rings. The van der Waals surface area contributed by atoms with Crippen LogP contribution in [0.4, 0.5) is 15.8 Å². The molecule has 2 aromatic rings. The van der Waals surface area contributed by atoms with E-state index in [-0.39, 0.29) is 24.2 Å². The molecule has 0 unspecified atom stereocenters. The minimum Gasteiger partial charge on any atom is -0.487 e. The van der Waals surface area contributed by atoms with Gasteiger partial charge < -0.3 is 25.4 Å². The van der Waals surface area contributed by atoms with E-state index >= 15 is 0 Å². The number of ether oxygens (including phenoxy) is 1. The monoisotopic (exact) mass is 588 g/mol. The third-order valence-corrected chi connectivity index (χ3v) is 10.6. The third kappa shape index (κ3) is 5.08. The van der Waals surface area contributed by atoms with E-state index in [1.54, 1.807) is 12.1 Å². The number of carbonyl (C=O) groups is 2. The van der Waals surface area contributed by atoms with Crippen LogP contribution in [0.5, 0.6) is 5.75 Å². The summed E-state index contributed by atoms with van der Waals surface area (Å²) in [7, 11) is 0. The third-order valence-electron chi connectivity index (χ3n) is 10.6. The second-order valence-corrected chi connectivity index (χ2v) is 13.7. The maximum absolute atomic E-state index is 14.7. The van der Waals surface area contributed by atoms with Gasteiger partial charge in [0.2, 0.25) is 5.91 Å². The summed E-state index contributed by atoms with van der Waals surface area (Å²) < 4.78 is 21.1. The molecule has 4 atom stereocenters. The van der Waals surface area contributed by atoms with Gasteiger partial charge in [-0.1, -0.05) is 19.9 Å². The summed E-state index contributed by atoms with van der Waals surface area (Å²) in [6.07, 6.45) is 2.24. The average Bonchev–Trinajstić information content (AvgIpc) is 3.23. The molecule has 2 amide bonds. The lowest BCUT2D eigenvalue weighted by atomic mass is 9.57. The van der Waals surface area contributed by atoms with Gasteiger partial charge >= 0.3 is 0 Å². The number of carbonyl (C=O) groups excluding carboxylic acids is 2. The van der Waals surface area contributed by atoms with E-state index in [1.165, 1.54) is 0 Å². The van der Waals surface area contributed by atoms with E-state index in [0.717, 1.165) is 62.1 Å². The van der Waals surface area contributed by atoms with Gasteiger partial charge in [0.05, 0.1) is 17.6 Å². The van der Waals surface area contributed by atoms with Crippen molar-refractivity contribution >= 4 is 23.2 Å². The molecule has 1 saturated heterocycles. The van der Waals surface area contributed by atoms with Gasteiger partial charge in [-0.05, 0) is 100 Å². The number of aliphatic hydroxyl groups excluding tert-OH is 1. The first-order valence-electron chi connectivity index (χ1n) is 15.5. The van der Waals surface area contributed by atoms with Crippen molar-refractivity contribution in [2.24, 2.45) is 11.3 Å². The first-order chi connectivity index (χ1) is 20.5. The molecule has 0 bridgehead atoms. The van der Waals surface area contributed by atoms with Crippen molar-refractivity contribution in [3.05, 3.63) is 53.1 Å². The van der Waals surface area contributed by atoms with Gasteiger partial charge in [0.15, 0.2) is 0 Å². The standard InChI is InChI=1S/C34H41FN4O4/c1-32(2)28-18-22-17-21(7-10-27(22)43-33(28,3)20-25(35)29(32)40)30(41)37-23-8-9-24-26(19-23)38-31(42)34(24)11-15-39(16-12-34)14-6-4-5-13-36/h7-10,17,19,25,28-29,40H,4-6,11-12,14-16,18,20H2,1-3H3,(H,37,41)(H,38,42)/t25-,28-,29-,33-/m1/s1. The Hall–Kier alpha value is -3.48. The zero-order valence-corrected chi connectivity index (χ0v) is 25.2. The minimum atomic E-state index is -1.35. The van der Waals surface area contributed by atoms with Crippen LogP contribution in [0.15, 0.2) is 36.4 Å². The van der Waals surface area contributed by atoms with Crippen LogP contribution in [0.2, 0.25) is 0 Å². The van der Waals surface area contributed by atoms with Crippen molar-refractivity contribution in [2.75, 3.05) is 30.3 Å². The number of hydrogen-bond acceptors (Lipinski definition) is 6. The molecule has 0 radical (unpaired) electrons. The van der Waals surface area contributed by atoms with Gasteiger partial charge in [-0.2, -0.15) is 5.26 Å². The molecule has 43 heavy (non-hydrogen) atoms. The molecule has 1 spiro atoms. The van der Waals surface area contributed by atoms with E-state index in [4.69, 9.17) is 10.00 Å². The fourth-order valence-corrected chi connectivity index (χ4v) is 8.05. The molecule has 3 heterocycles. The number of unbranched alkanes of at least 4 members (excludes halogenated alkanes) is 2. The van der Waals surface area contributed by atoms with Crippen LogP contribution in [0.3, 0.4) is 0 Å². The summed E-state index contributed by atoms with van der Waals surface area (Å²) in [5.41, 5.74) is 1.70. The van der Waals surface area contributed by atoms with Crippen LogP contribution < -0.4 is 15.4 Å². The minimum absolute atomic E-state index is 0.0200. The number of benzene rings is 2. The molecule has 4 aliphatic rings. The fourth-order valence-electron chi connectivity index (χ4n) is 8.05. The first-order valence-corrected chi connectivity index (χ1v) is 15.5.